The predicted octanol–water partition coefficient (Wildman–Crippen LogP) is 4.94. The number of nitrogens with one attached hydrogen (secondary N) is 2. The topological polar surface area (TPSA) is 59.1 Å². The van der Waals surface area contributed by atoms with Crippen molar-refractivity contribution in [2.75, 3.05) is 17.7 Å². The summed E-state index contributed by atoms with van der Waals surface area (Å²) in [5, 5.41) is 7.41. The number of methoxy groups -OCH3 is 1. The summed E-state index contributed by atoms with van der Waals surface area (Å²) in [5.74, 6) is 2.06. The van der Waals surface area contributed by atoms with Crippen LogP contribution in [0, 0.1) is 6.92 Å². The molecule has 0 saturated heterocycles. The Bertz CT molecular complexity index is 701. The maximum absolute atomic E-state index is 6.15. The number of nitrogens with zero attached hydrogens (tertiary/aromatic N) is 2. The monoisotopic (exact) mass is 346 g/mol. The van der Waals surface area contributed by atoms with Gasteiger partial charge in [0.1, 0.15) is 11.6 Å². The van der Waals surface area contributed by atoms with Crippen molar-refractivity contribution >= 4 is 29.1 Å². The third-order valence-electron chi connectivity index (χ3n) is 4.34. The highest BCUT2D eigenvalue weighted by atomic mass is 35.5. The Morgan fingerprint density at radius 2 is 2.00 bits per heavy atom. The first-order valence-corrected chi connectivity index (χ1v) is 8.74. The highest BCUT2D eigenvalue weighted by Crippen LogP contribution is 2.32. The Hall–Kier alpha value is -2.01. The summed E-state index contributed by atoms with van der Waals surface area (Å²) in [6.45, 7) is 1.95. The maximum atomic E-state index is 6.15. The van der Waals surface area contributed by atoms with Gasteiger partial charge in [0, 0.05) is 23.3 Å². The fraction of sp³-hybridized carbons (Fsp3) is 0.444. The van der Waals surface area contributed by atoms with Crippen LogP contribution in [0.4, 0.5) is 17.5 Å². The second kappa shape index (κ2) is 7.71. The first-order chi connectivity index (χ1) is 11.7. The molecule has 2 aromatic rings. The normalized spacial score (nSPS) is 15.1. The van der Waals surface area contributed by atoms with Gasteiger partial charge in [-0.2, -0.15) is 4.98 Å². The van der Waals surface area contributed by atoms with Gasteiger partial charge in [-0.3, -0.25) is 0 Å². The number of anilines is 3. The lowest BCUT2D eigenvalue weighted by Crippen LogP contribution is -2.22. The lowest BCUT2D eigenvalue weighted by molar-refractivity contribution is 0.416. The number of benzene rings is 1. The van der Waals surface area contributed by atoms with Gasteiger partial charge in [-0.15, -0.1) is 0 Å². The number of hydrogen-bond acceptors (Lipinski definition) is 5. The molecule has 24 heavy (non-hydrogen) atoms. The van der Waals surface area contributed by atoms with Crippen molar-refractivity contribution < 1.29 is 4.74 Å². The number of hydrogen-bond donors (Lipinski definition) is 2. The Labute approximate surface area is 147 Å². The van der Waals surface area contributed by atoms with Gasteiger partial charge in [-0.05, 0) is 37.5 Å². The van der Waals surface area contributed by atoms with Crippen LogP contribution in [0.5, 0.6) is 5.75 Å². The molecule has 0 amide bonds. The van der Waals surface area contributed by atoms with Crippen LogP contribution in [0.1, 0.15) is 37.7 Å². The van der Waals surface area contributed by atoms with Crippen molar-refractivity contribution in [3.8, 4) is 5.75 Å². The van der Waals surface area contributed by atoms with Crippen LogP contribution >= 0.6 is 11.6 Å². The van der Waals surface area contributed by atoms with Gasteiger partial charge in [0.05, 0.1) is 12.8 Å². The second-order valence-corrected chi connectivity index (χ2v) is 6.58. The van der Waals surface area contributed by atoms with Crippen molar-refractivity contribution in [3.63, 3.8) is 0 Å². The van der Waals surface area contributed by atoms with Gasteiger partial charge in [-0.25, -0.2) is 4.98 Å². The summed E-state index contributed by atoms with van der Waals surface area (Å²) >= 11 is 6.15. The molecule has 0 aliphatic heterocycles. The van der Waals surface area contributed by atoms with E-state index in [0.29, 0.717) is 22.8 Å². The molecule has 3 rings (SSSR count). The molecule has 1 aliphatic rings. The minimum absolute atomic E-state index is 0.508. The number of halogens is 1. The van der Waals surface area contributed by atoms with E-state index < -0.39 is 0 Å². The van der Waals surface area contributed by atoms with Gasteiger partial charge in [0.25, 0.3) is 0 Å². The molecule has 1 heterocycles. The van der Waals surface area contributed by atoms with E-state index in [1.54, 1.807) is 19.4 Å². The average molecular weight is 347 g/mol. The first-order valence-electron chi connectivity index (χ1n) is 8.36. The van der Waals surface area contributed by atoms with E-state index in [4.69, 9.17) is 16.3 Å². The standard InChI is InChI=1S/C18H23ClN4O/c1-12-10-15(16(24-2)11-14(12)19)22-18-20-9-8-17(23-18)21-13-6-4-3-5-7-13/h8-11,13H,3-7H2,1-2H3,(H2,20,21,22,23). The van der Waals surface area contributed by atoms with Gasteiger partial charge >= 0.3 is 0 Å². The number of rotatable bonds is 5. The molecule has 0 radical (unpaired) electrons. The SMILES string of the molecule is COc1cc(Cl)c(C)cc1Nc1nccc(NC2CCCCC2)n1. The Morgan fingerprint density at radius 1 is 1.21 bits per heavy atom. The van der Waals surface area contributed by atoms with E-state index in [1.165, 1.54) is 32.1 Å². The molecule has 1 fully saturated rings. The van der Waals surface area contributed by atoms with Crippen LogP contribution in [-0.2, 0) is 0 Å². The Morgan fingerprint density at radius 3 is 2.75 bits per heavy atom. The summed E-state index contributed by atoms with van der Waals surface area (Å²) in [7, 11) is 1.62. The van der Waals surface area contributed by atoms with E-state index in [-0.39, 0.29) is 0 Å². The van der Waals surface area contributed by atoms with E-state index in [2.05, 4.69) is 20.6 Å². The molecule has 0 spiro atoms. The van der Waals surface area contributed by atoms with Crippen LogP contribution in [0.3, 0.4) is 0 Å². The zero-order valence-electron chi connectivity index (χ0n) is 14.1. The van der Waals surface area contributed by atoms with Gasteiger partial charge < -0.3 is 15.4 Å². The molecule has 2 N–H and O–H groups in total. The lowest BCUT2D eigenvalue weighted by Gasteiger charge is -2.23. The van der Waals surface area contributed by atoms with E-state index in [1.807, 2.05) is 19.1 Å². The third-order valence-corrected chi connectivity index (χ3v) is 4.75. The molecule has 5 nitrogen and oxygen atoms in total. The Kier molecular flexibility index (Phi) is 5.41. The number of aromatic nitrogens is 2. The van der Waals surface area contributed by atoms with Crippen LogP contribution in [0.25, 0.3) is 0 Å². The maximum Gasteiger partial charge on any atom is 0.229 e. The molecule has 1 saturated carbocycles. The molecule has 6 heteroatoms. The molecule has 1 aromatic carbocycles. The minimum Gasteiger partial charge on any atom is -0.495 e. The zero-order valence-corrected chi connectivity index (χ0v) is 14.9. The number of ether oxygens (including phenoxy) is 1. The van der Waals surface area contributed by atoms with Crippen molar-refractivity contribution in [1.29, 1.82) is 0 Å². The van der Waals surface area contributed by atoms with Crippen molar-refractivity contribution in [3.05, 3.63) is 35.0 Å². The summed E-state index contributed by atoms with van der Waals surface area (Å²) in [6.07, 6.45) is 8.08. The Balaban J connectivity index is 1.76. The smallest absolute Gasteiger partial charge is 0.229 e. The van der Waals surface area contributed by atoms with Gasteiger partial charge in [-0.1, -0.05) is 30.9 Å². The largest absolute Gasteiger partial charge is 0.495 e. The van der Waals surface area contributed by atoms with Crippen LogP contribution in [-0.4, -0.2) is 23.1 Å². The molecule has 128 valence electrons. The highest BCUT2D eigenvalue weighted by Gasteiger charge is 2.14. The average Bonchev–Trinajstić information content (AvgIpc) is 2.59. The zero-order chi connectivity index (χ0) is 16.9. The number of aryl methyl sites for hydroxylation is 1. The summed E-state index contributed by atoms with van der Waals surface area (Å²) in [6, 6.07) is 6.15. The van der Waals surface area contributed by atoms with E-state index >= 15 is 0 Å². The van der Waals surface area contributed by atoms with Crippen molar-refractivity contribution in [2.45, 2.75) is 45.1 Å². The van der Waals surface area contributed by atoms with Crippen molar-refractivity contribution in [2.24, 2.45) is 0 Å². The first kappa shape index (κ1) is 16.8. The fourth-order valence-corrected chi connectivity index (χ4v) is 3.16. The van der Waals surface area contributed by atoms with Gasteiger partial charge in [0.15, 0.2) is 0 Å². The summed E-state index contributed by atoms with van der Waals surface area (Å²) < 4.78 is 5.39. The summed E-state index contributed by atoms with van der Waals surface area (Å²) in [5.41, 5.74) is 1.77. The molecular weight excluding hydrogens is 324 g/mol. The highest BCUT2D eigenvalue weighted by molar-refractivity contribution is 6.31. The molecular formula is C18H23ClN4O. The molecule has 0 unspecified atom stereocenters. The van der Waals surface area contributed by atoms with E-state index in [0.717, 1.165) is 17.1 Å². The summed E-state index contributed by atoms with van der Waals surface area (Å²) in [4.78, 5) is 8.87. The van der Waals surface area contributed by atoms with Crippen molar-refractivity contribution in [1.82, 2.24) is 9.97 Å². The van der Waals surface area contributed by atoms with E-state index in [9.17, 15) is 0 Å². The van der Waals surface area contributed by atoms with Crippen LogP contribution in [0.2, 0.25) is 5.02 Å². The third kappa shape index (κ3) is 4.09. The van der Waals surface area contributed by atoms with Gasteiger partial charge in [0.2, 0.25) is 5.95 Å². The minimum atomic E-state index is 0.508. The molecule has 1 aromatic heterocycles. The second-order valence-electron chi connectivity index (χ2n) is 6.17. The molecule has 0 bridgehead atoms. The lowest BCUT2D eigenvalue weighted by atomic mass is 9.95. The molecule has 0 atom stereocenters. The predicted molar refractivity (Wildman–Crippen MR) is 98.6 cm³/mol. The molecule has 1 aliphatic carbocycles. The van der Waals surface area contributed by atoms with Crippen LogP contribution in [0.15, 0.2) is 24.4 Å². The quantitative estimate of drug-likeness (QED) is 0.803. The van der Waals surface area contributed by atoms with Crippen LogP contribution < -0.4 is 15.4 Å². The fourth-order valence-electron chi connectivity index (χ4n) is 3.01.